The zero-order chi connectivity index (χ0) is 17.8. The Morgan fingerprint density at radius 2 is 1.73 bits per heavy atom. The molecule has 0 spiro atoms. The van der Waals surface area contributed by atoms with Crippen molar-refractivity contribution in [1.29, 1.82) is 0 Å². The Bertz CT molecular complexity index is 321. The predicted molar refractivity (Wildman–Crippen MR) is 73.1 cm³/mol. The molecule has 132 valence electrons. The Hall–Kier alpha value is -1.35. The smallest absolute Gasteiger partial charge is 0.475 e. The van der Waals surface area contributed by atoms with Gasteiger partial charge in [-0.25, -0.2) is 4.79 Å². The second-order valence-electron chi connectivity index (χ2n) is 4.95. The second kappa shape index (κ2) is 12.2. The van der Waals surface area contributed by atoms with Crippen molar-refractivity contribution in [3.63, 3.8) is 0 Å². The Labute approximate surface area is 127 Å². The third kappa shape index (κ3) is 15.0. The minimum Gasteiger partial charge on any atom is -0.475 e. The number of ether oxygens (including phenoxy) is 2. The number of rotatable bonds is 8. The summed E-state index contributed by atoms with van der Waals surface area (Å²) in [5.41, 5.74) is 5.59. The van der Waals surface area contributed by atoms with Crippen molar-refractivity contribution in [2.24, 2.45) is 17.6 Å². The first-order chi connectivity index (χ1) is 10.0. The highest BCUT2D eigenvalue weighted by molar-refractivity contribution is 5.73. The highest BCUT2D eigenvalue weighted by atomic mass is 19.4. The summed E-state index contributed by atoms with van der Waals surface area (Å²) in [4.78, 5) is 20.2. The van der Waals surface area contributed by atoms with Crippen molar-refractivity contribution >= 4 is 11.9 Å². The van der Waals surface area contributed by atoms with Crippen molar-refractivity contribution in [3.8, 4) is 0 Å². The van der Waals surface area contributed by atoms with Crippen molar-refractivity contribution in [3.05, 3.63) is 0 Å². The molecule has 22 heavy (non-hydrogen) atoms. The van der Waals surface area contributed by atoms with Gasteiger partial charge in [0.05, 0.1) is 6.61 Å². The Morgan fingerprint density at radius 1 is 1.23 bits per heavy atom. The first-order valence-corrected chi connectivity index (χ1v) is 6.69. The third-order valence-corrected chi connectivity index (χ3v) is 2.39. The van der Waals surface area contributed by atoms with Gasteiger partial charge in [-0.05, 0) is 24.8 Å². The van der Waals surface area contributed by atoms with Gasteiger partial charge in [0, 0.05) is 13.5 Å². The highest BCUT2D eigenvalue weighted by Gasteiger charge is 2.38. The lowest BCUT2D eigenvalue weighted by atomic mass is 9.94. The van der Waals surface area contributed by atoms with E-state index < -0.39 is 12.1 Å². The van der Waals surface area contributed by atoms with Crippen LogP contribution >= 0.6 is 0 Å². The topological polar surface area (TPSA) is 98.9 Å². The van der Waals surface area contributed by atoms with E-state index in [9.17, 15) is 18.0 Å². The van der Waals surface area contributed by atoms with E-state index in [1.165, 1.54) is 0 Å². The molecular weight excluding hydrogens is 307 g/mol. The van der Waals surface area contributed by atoms with E-state index in [4.69, 9.17) is 25.1 Å². The van der Waals surface area contributed by atoms with Gasteiger partial charge < -0.3 is 20.3 Å². The molecule has 0 radical (unpaired) electrons. The van der Waals surface area contributed by atoms with E-state index in [2.05, 4.69) is 13.8 Å². The number of hydrogen-bond donors (Lipinski definition) is 2. The lowest BCUT2D eigenvalue weighted by molar-refractivity contribution is -0.192. The third-order valence-electron chi connectivity index (χ3n) is 2.39. The van der Waals surface area contributed by atoms with E-state index in [0.717, 1.165) is 6.42 Å². The molecule has 3 N–H and O–H groups in total. The number of carboxylic acids is 1. The molecule has 0 aliphatic rings. The summed E-state index contributed by atoms with van der Waals surface area (Å²) in [6.45, 7) is 5.56. The van der Waals surface area contributed by atoms with Crippen LogP contribution in [0.4, 0.5) is 13.2 Å². The molecular formula is C13H24F3NO5. The van der Waals surface area contributed by atoms with Crippen molar-refractivity contribution in [2.75, 3.05) is 26.9 Å². The summed E-state index contributed by atoms with van der Waals surface area (Å²) in [6.07, 6.45) is -3.70. The molecule has 0 bridgehead atoms. The highest BCUT2D eigenvalue weighted by Crippen LogP contribution is 2.14. The van der Waals surface area contributed by atoms with Crippen LogP contribution in [0.5, 0.6) is 0 Å². The number of carbonyl (C=O) groups excluding carboxylic acids is 1. The van der Waals surface area contributed by atoms with Gasteiger partial charge >= 0.3 is 18.1 Å². The van der Waals surface area contributed by atoms with Gasteiger partial charge in [0.2, 0.25) is 0 Å². The van der Waals surface area contributed by atoms with Crippen molar-refractivity contribution in [1.82, 2.24) is 0 Å². The molecule has 0 aromatic carbocycles. The standard InChI is InChI=1S/C11H23NO3.C2HF3O2/c1-9(2)6-10(8-12)7-11(13)15-5-4-14-3;3-2(4,5)1(6)7/h9-10H,4-8,12H2,1-3H3;(H,6,7)/t10-;/m0./s1. The molecule has 0 saturated carbocycles. The zero-order valence-corrected chi connectivity index (χ0v) is 13.0. The summed E-state index contributed by atoms with van der Waals surface area (Å²) in [5.74, 6) is -2.14. The number of nitrogens with two attached hydrogens (primary N) is 1. The second-order valence-corrected chi connectivity index (χ2v) is 4.95. The molecule has 0 unspecified atom stereocenters. The van der Waals surface area contributed by atoms with Crippen LogP contribution in [0.15, 0.2) is 0 Å². The van der Waals surface area contributed by atoms with Crippen LogP contribution in [0.3, 0.4) is 0 Å². The van der Waals surface area contributed by atoms with Crippen LogP contribution in [-0.4, -0.2) is 50.1 Å². The molecule has 0 heterocycles. The molecule has 9 heteroatoms. The van der Waals surface area contributed by atoms with Gasteiger partial charge in [-0.2, -0.15) is 13.2 Å². The average molecular weight is 331 g/mol. The van der Waals surface area contributed by atoms with Gasteiger partial charge in [-0.15, -0.1) is 0 Å². The minimum atomic E-state index is -5.08. The SMILES string of the molecule is COCCOC(=O)C[C@@H](CN)CC(C)C.O=C(O)C(F)(F)F. The predicted octanol–water partition coefficient (Wildman–Crippen LogP) is 1.82. The maximum atomic E-state index is 11.3. The molecule has 0 fully saturated rings. The zero-order valence-electron chi connectivity index (χ0n) is 13.0. The molecule has 0 aromatic heterocycles. The van der Waals surface area contributed by atoms with E-state index in [1.807, 2.05) is 0 Å². The van der Waals surface area contributed by atoms with Crippen LogP contribution in [0, 0.1) is 11.8 Å². The number of carboxylic acid groups (broad SMARTS) is 1. The monoisotopic (exact) mass is 331 g/mol. The maximum absolute atomic E-state index is 11.3. The molecule has 0 aromatic rings. The lowest BCUT2D eigenvalue weighted by Gasteiger charge is -2.15. The Morgan fingerprint density at radius 3 is 2.05 bits per heavy atom. The number of halogens is 3. The number of carbonyl (C=O) groups is 2. The molecule has 0 saturated heterocycles. The summed E-state index contributed by atoms with van der Waals surface area (Å²) in [7, 11) is 1.58. The fourth-order valence-corrected chi connectivity index (χ4v) is 1.46. The fraction of sp³-hybridized carbons (Fsp3) is 0.846. The van der Waals surface area contributed by atoms with E-state index in [1.54, 1.807) is 7.11 Å². The Balaban J connectivity index is 0. The Kier molecular flexibility index (Phi) is 12.7. The van der Waals surface area contributed by atoms with Crippen molar-refractivity contribution in [2.45, 2.75) is 32.9 Å². The number of hydrogen-bond acceptors (Lipinski definition) is 5. The summed E-state index contributed by atoms with van der Waals surface area (Å²) >= 11 is 0. The first-order valence-electron chi connectivity index (χ1n) is 6.69. The first kappa shape index (κ1) is 22.9. The van der Waals surface area contributed by atoms with E-state index in [-0.39, 0.29) is 11.9 Å². The van der Waals surface area contributed by atoms with E-state index >= 15 is 0 Å². The van der Waals surface area contributed by atoms with Gasteiger partial charge in [-0.1, -0.05) is 13.8 Å². The molecule has 0 aliphatic heterocycles. The maximum Gasteiger partial charge on any atom is 0.490 e. The molecule has 6 nitrogen and oxygen atoms in total. The molecule has 0 amide bonds. The van der Waals surface area contributed by atoms with Gasteiger partial charge in [0.15, 0.2) is 0 Å². The quantitative estimate of drug-likeness (QED) is 0.520. The summed E-state index contributed by atoms with van der Waals surface area (Å²) in [5, 5.41) is 7.12. The molecule has 0 rings (SSSR count). The van der Waals surface area contributed by atoms with Gasteiger partial charge in [0.25, 0.3) is 0 Å². The van der Waals surface area contributed by atoms with Crippen LogP contribution in [0.2, 0.25) is 0 Å². The van der Waals surface area contributed by atoms with E-state index in [0.29, 0.717) is 32.1 Å². The van der Waals surface area contributed by atoms with Gasteiger partial charge in [0.1, 0.15) is 6.61 Å². The molecule has 1 atom stereocenters. The normalized spacial score (nSPS) is 12.4. The summed E-state index contributed by atoms with van der Waals surface area (Å²) in [6, 6.07) is 0. The number of alkyl halides is 3. The molecule has 0 aliphatic carbocycles. The van der Waals surface area contributed by atoms with Crippen LogP contribution in [0.25, 0.3) is 0 Å². The minimum absolute atomic E-state index is 0.178. The summed E-state index contributed by atoms with van der Waals surface area (Å²) < 4.78 is 41.5. The van der Waals surface area contributed by atoms with Crippen LogP contribution in [-0.2, 0) is 19.1 Å². The lowest BCUT2D eigenvalue weighted by Crippen LogP contribution is -2.21. The average Bonchev–Trinajstić information content (AvgIpc) is 2.37. The van der Waals surface area contributed by atoms with Crippen LogP contribution in [0.1, 0.15) is 26.7 Å². The number of aliphatic carboxylic acids is 1. The number of esters is 1. The largest absolute Gasteiger partial charge is 0.490 e. The number of methoxy groups -OCH3 is 1. The van der Waals surface area contributed by atoms with Gasteiger partial charge in [-0.3, -0.25) is 4.79 Å². The fourth-order valence-electron chi connectivity index (χ4n) is 1.46. The van der Waals surface area contributed by atoms with Crippen LogP contribution < -0.4 is 5.73 Å². The van der Waals surface area contributed by atoms with Crippen molar-refractivity contribution < 1.29 is 37.3 Å².